The molecule has 3 saturated heterocycles. The summed E-state index contributed by atoms with van der Waals surface area (Å²) in [6, 6.07) is 16.5. The van der Waals surface area contributed by atoms with Gasteiger partial charge in [-0.2, -0.15) is 0 Å². The van der Waals surface area contributed by atoms with Gasteiger partial charge >= 0.3 is 18.6 Å². The number of likely N-dealkylation sites (N-methyl/N-ethyl adjacent to an activating group) is 1. The Balaban J connectivity index is 1.32. The van der Waals surface area contributed by atoms with Crippen LogP contribution in [0.15, 0.2) is 79.3 Å². The zero-order valence-corrected chi connectivity index (χ0v) is 25.5. The van der Waals surface area contributed by atoms with Crippen molar-refractivity contribution in [1.29, 1.82) is 0 Å². The number of anilines is 1. The Labute approximate surface area is 261 Å². The molecule has 12 nitrogen and oxygen atoms in total. The monoisotopic (exact) mass is 612 g/mol. The maximum atomic E-state index is 14.2. The van der Waals surface area contributed by atoms with Crippen molar-refractivity contribution in [3.63, 3.8) is 0 Å². The van der Waals surface area contributed by atoms with Crippen LogP contribution in [0.25, 0.3) is 0 Å². The van der Waals surface area contributed by atoms with E-state index >= 15 is 0 Å². The highest BCUT2D eigenvalue weighted by atomic mass is 16.7. The lowest BCUT2D eigenvalue weighted by Gasteiger charge is -2.54. The molecule has 2 amide bonds. The van der Waals surface area contributed by atoms with Crippen molar-refractivity contribution in [3.8, 4) is 0 Å². The summed E-state index contributed by atoms with van der Waals surface area (Å²) in [6.45, 7) is 1.95. The molecular weight excluding hydrogens is 575 g/mol. The third-order valence-electron chi connectivity index (χ3n) is 9.40. The number of hydrogen-bond acceptors (Lipinski definition) is 9. The molecule has 0 saturated carbocycles. The molecule has 0 radical (unpaired) electrons. The van der Waals surface area contributed by atoms with Crippen LogP contribution in [0.5, 0.6) is 0 Å². The summed E-state index contributed by atoms with van der Waals surface area (Å²) >= 11 is 0. The third kappa shape index (κ3) is 5.41. The van der Waals surface area contributed by atoms with Gasteiger partial charge in [0, 0.05) is 31.5 Å². The lowest BCUT2D eigenvalue weighted by Crippen LogP contribution is -2.79. The van der Waals surface area contributed by atoms with Gasteiger partial charge < -0.3 is 29.2 Å². The van der Waals surface area contributed by atoms with Crippen LogP contribution in [0.1, 0.15) is 36.3 Å². The van der Waals surface area contributed by atoms with Gasteiger partial charge in [0.1, 0.15) is 11.7 Å². The Hall–Kier alpha value is -4.78. The van der Waals surface area contributed by atoms with Crippen LogP contribution in [0.2, 0.25) is 0 Å². The van der Waals surface area contributed by atoms with Crippen LogP contribution in [-0.4, -0.2) is 89.0 Å². The van der Waals surface area contributed by atoms with E-state index in [-0.39, 0.29) is 22.4 Å². The largest absolute Gasteiger partial charge is 0.606 e. The molecule has 13 heteroatoms. The number of amides is 2. The molecule has 4 heterocycles. The Bertz CT molecular complexity index is 1550. The van der Waals surface area contributed by atoms with Crippen LogP contribution in [0.4, 0.5) is 5.69 Å². The molecule has 2 aromatic carbocycles. The van der Waals surface area contributed by atoms with Gasteiger partial charge in [-0.25, -0.2) is 14.6 Å². The standard InChI is InChI=1S/C32H37BN6O6/c1-21(2)16-28(37-29(40)24(17-22-10-6-4-7-11-22)36-30(41)25-18-34-14-15-35-25)33-39(3)26(31(42)44-33)19-38(20-27(39)32(43)45-33)23-12-8-5-9-13-23/h4-15,18,21,24,26-28H,16-17,19-20H2,1-3H3,(H,36,41)(H,37,40)/t24-,26-,27-,28-,33?,39?/m0/s1. The Morgan fingerprint density at radius 2 is 1.58 bits per heavy atom. The molecule has 1 aromatic heterocycles. The van der Waals surface area contributed by atoms with Gasteiger partial charge in [0.05, 0.1) is 25.2 Å². The van der Waals surface area contributed by atoms with Gasteiger partial charge in [0.25, 0.3) is 5.91 Å². The fourth-order valence-corrected chi connectivity index (χ4v) is 7.14. The zero-order valence-electron chi connectivity index (χ0n) is 25.5. The van der Waals surface area contributed by atoms with Crippen molar-refractivity contribution in [1.82, 2.24) is 20.6 Å². The number of aromatic nitrogens is 2. The minimum atomic E-state index is -2.69. The minimum absolute atomic E-state index is 0.0426. The van der Waals surface area contributed by atoms with Gasteiger partial charge in [-0.3, -0.25) is 14.6 Å². The second-order valence-corrected chi connectivity index (χ2v) is 12.6. The van der Waals surface area contributed by atoms with Gasteiger partial charge in [-0.05, 0) is 30.0 Å². The molecule has 0 spiro atoms. The first-order valence-corrected chi connectivity index (χ1v) is 15.3. The number of carbonyl (C=O) groups is 4. The summed E-state index contributed by atoms with van der Waals surface area (Å²) in [5.41, 5.74) is 1.80. The average molecular weight is 612 g/mol. The number of nitrogens with one attached hydrogen (secondary N) is 2. The topological polar surface area (TPSA) is 140 Å². The van der Waals surface area contributed by atoms with E-state index in [1.54, 1.807) is 0 Å². The molecule has 3 aliphatic rings. The molecule has 234 valence electrons. The molecule has 4 atom stereocenters. The molecule has 0 unspecified atom stereocenters. The van der Waals surface area contributed by atoms with Crippen molar-refractivity contribution in [2.75, 3.05) is 25.0 Å². The van der Waals surface area contributed by atoms with E-state index in [4.69, 9.17) is 9.31 Å². The van der Waals surface area contributed by atoms with E-state index < -0.39 is 54.5 Å². The molecule has 0 bridgehead atoms. The maximum Gasteiger partial charge on any atom is 0.606 e. The average Bonchev–Trinajstić information content (AvgIpc) is 3.40. The lowest BCUT2D eigenvalue weighted by molar-refractivity contribution is -0.845. The predicted octanol–water partition coefficient (Wildman–Crippen LogP) is 1.64. The minimum Gasteiger partial charge on any atom is -0.599 e. The van der Waals surface area contributed by atoms with E-state index in [0.717, 1.165) is 11.3 Å². The molecule has 3 aliphatic heterocycles. The number of nitrogens with zero attached hydrogens (tertiary/aromatic N) is 4. The molecule has 3 aromatic rings. The summed E-state index contributed by atoms with van der Waals surface area (Å²) in [4.78, 5) is 64.6. The molecule has 0 aliphatic carbocycles. The number of quaternary nitrogens is 1. The maximum absolute atomic E-state index is 14.2. The van der Waals surface area contributed by atoms with E-state index in [1.165, 1.54) is 18.6 Å². The Morgan fingerprint density at radius 1 is 0.956 bits per heavy atom. The smallest absolute Gasteiger partial charge is 0.599 e. The van der Waals surface area contributed by atoms with Crippen molar-refractivity contribution < 1.29 is 32.9 Å². The van der Waals surface area contributed by atoms with Crippen molar-refractivity contribution in [3.05, 3.63) is 90.5 Å². The van der Waals surface area contributed by atoms with Crippen LogP contribution in [0.3, 0.4) is 0 Å². The highest BCUT2D eigenvalue weighted by Gasteiger charge is 2.78. The SMILES string of the molecule is CC(C)C[C@H](NC(=O)[C@H](Cc1ccccc1)NC(=O)c1cnccn1)[B-]12OC(=O)[C@@H]3CN(c4ccccc4)C[C@@H](C(=O)O1)[N+]32C. The van der Waals surface area contributed by atoms with Crippen molar-refractivity contribution in [2.24, 2.45) is 5.92 Å². The quantitative estimate of drug-likeness (QED) is 0.327. The third-order valence-corrected chi connectivity index (χ3v) is 9.40. The van der Waals surface area contributed by atoms with Gasteiger partial charge in [-0.15, -0.1) is 0 Å². The number of carbonyl (C=O) groups excluding carboxylic acids is 4. The highest BCUT2D eigenvalue weighted by molar-refractivity contribution is 6.68. The fraction of sp³-hybridized carbons (Fsp3) is 0.375. The van der Waals surface area contributed by atoms with Gasteiger partial charge in [0.2, 0.25) is 5.91 Å². The van der Waals surface area contributed by atoms with Crippen LogP contribution < -0.4 is 15.5 Å². The summed E-state index contributed by atoms with van der Waals surface area (Å²) in [7, 11) is 1.84. The van der Waals surface area contributed by atoms with Crippen molar-refractivity contribution in [2.45, 2.75) is 50.8 Å². The first-order chi connectivity index (χ1) is 21.6. The number of para-hydroxylation sites is 1. The molecule has 6 rings (SSSR count). The first-order valence-electron chi connectivity index (χ1n) is 15.3. The Kier molecular flexibility index (Phi) is 8.04. The molecular formula is C32H37BN6O6. The molecule has 2 N–H and O–H groups in total. The predicted molar refractivity (Wildman–Crippen MR) is 165 cm³/mol. The zero-order chi connectivity index (χ0) is 31.8. The first kappa shape index (κ1) is 30.3. The molecule has 45 heavy (non-hydrogen) atoms. The summed E-state index contributed by atoms with van der Waals surface area (Å²) in [5.74, 6) is -2.77. The van der Waals surface area contributed by atoms with E-state index in [2.05, 4.69) is 20.6 Å². The highest BCUT2D eigenvalue weighted by Crippen LogP contribution is 2.47. The van der Waals surface area contributed by atoms with E-state index in [9.17, 15) is 19.2 Å². The normalized spacial score (nSPS) is 26.4. The molecule has 3 fully saturated rings. The number of benzene rings is 2. The number of piperazine rings is 1. The summed E-state index contributed by atoms with van der Waals surface area (Å²) in [5, 5.41) is 5.89. The Morgan fingerprint density at radius 3 is 2.16 bits per heavy atom. The van der Waals surface area contributed by atoms with E-state index in [1.807, 2.05) is 86.5 Å². The van der Waals surface area contributed by atoms with Gasteiger partial charge in [0.15, 0.2) is 12.1 Å². The van der Waals surface area contributed by atoms with E-state index in [0.29, 0.717) is 19.5 Å². The fourth-order valence-electron chi connectivity index (χ4n) is 7.14. The van der Waals surface area contributed by atoms with Crippen molar-refractivity contribution >= 4 is 36.1 Å². The summed E-state index contributed by atoms with van der Waals surface area (Å²) < 4.78 is 12.3. The lowest BCUT2D eigenvalue weighted by atomic mass is 9.56. The second kappa shape index (κ2) is 12.0. The van der Waals surface area contributed by atoms with Crippen LogP contribution >= 0.6 is 0 Å². The van der Waals surface area contributed by atoms with Crippen LogP contribution in [0, 0.1) is 5.92 Å². The number of hydrogen-bond donors (Lipinski definition) is 2. The number of rotatable bonds is 10. The van der Waals surface area contributed by atoms with Gasteiger partial charge in [-0.1, -0.05) is 62.4 Å². The second-order valence-electron chi connectivity index (χ2n) is 12.6. The summed E-state index contributed by atoms with van der Waals surface area (Å²) in [6.07, 6.45) is 4.75. The van der Waals surface area contributed by atoms with Crippen LogP contribution in [-0.2, 0) is 30.1 Å².